The van der Waals surface area contributed by atoms with Gasteiger partial charge in [-0.05, 0) is 34.2 Å². The first-order valence-corrected chi connectivity index (χ1v) is 4.97. The molecule has 13 heavy (non-hydrogen) atoms. The standard InChI is InChI=1S/C9H12INO2/c1-13-8-4-2-3-6(9(8)10)7(11)5-12/h2-4,7,12H,5,11H2,1H3. The van der Waals surface area contributed by atoms with Crippen LogP contribution in [0, 0.1) is 3.57 Å². The molecule has 1 aromatic carbocycles. The summed E-state index contributed by atoms with van der Waals surface area (Å²) in [7, 11) is 1.62. The van der Waals surface area contributed by atoms with Crippen LogP contribution in [0.25, 0.3) is 0 Å². The number of nitrogens with two attached hydrogens (primary N) is 1. The van der Waals surface area contributed by atoms with E-state index in [1.54, 1.807) is 7.11 Å². The second-order valence-corrected chi connectivity index (χ2v) is 3.73. The maximum atomic E-state index is 8.91. The van der Waals surface area contributed by atoms with Gasteiger partial charge in [0.05, 0.1) is 23.3 Å². The van der Waals surface area contributed by atoms with E-state index in [1.165, 1.54) is 0 Å². The summed E-state index contributed by atoms with van der Waals surface area (Å²) in [5.74, 6) is 0.794. The Morgan fingerprint density at radius 1 is 1.62 bits per heavy atom. The van der Waals surface area contributed by atoms with Gasteiger partial charge in [-0.3, -0.25) is 0 Å². The quantitative estimate of drug-likeness (QED) is 0.826. The van der Waals surface area contributed by atoms with Crippen molar-refractivity contribution in [3.8, 4) is 5.75 Å². The predicted molar refractivity (Wildman–Crippen MR) is 59.7 cm³/mol. The molecule has 0 radical (unpaired) electrons. The van der Waals surface area contributed by atoms with Crippen molar-refractivity contribution in [2.45, 2.75) is 6.04 Å². The van der Waals surface area contributed by atoms with E-state index in [2.05, 4.69) is 22.6 Å². The molecule has 4 heteroatoms. The van der Waals surface area contributed by atoms with Gasteiger partial charge >= 0.3 is 0 Å². The lowest BCUT2D eigenvalue weighted by Gasteiger charge is -2.13. The third-order valence-electron chi connectivity index (χ3n) is 1.81. The van der Waals surface area contributed by atoms with Crippen molar-refractivity contribution in [2.24, 2.45) is 5.73 Å². The van der Waals surface area contributed by atoms with E-state index >= 15 is 0 Å². The fraction of sp³-hybridized carbons (Fsp3) is 0.333. The second kappa shape index (κ2) is 4.78. The Labute approximate surface area is 91.0 Å². The zero-order valence-electron chi connectivity index (χ0n) is 7.33. The summed E-state index contributed by atoms with van der Waals surface area (Å²) in [6.07, 6.45) is 0. The first-order valence-electron chi connectivity index (χ1n) is 3.89. The number of methoxy groups -OCH3 is 1. The maximum absolute atomic E-state index is 8.91. The molecule has 0 saturated carbocycles. The van der Waals surface area contributed by atoms with Crippen molar-refractivity contribution in [2.75, 3.05) is 13.7 Å². The molecule has 0 aliphatic rings. The van der Waals surface area contributed by atoms with Crippen molar-refractivity contribution in [3.05, 3.63) is 27.3 Å². The number of rotatable bonds is 3. The van der Waals surface area contributed by atoms with Gasteiger partial charge in [-0.25, -0.2) is 0 Å². The number of aliphatic hydroxyl groups excluding tert-OH is 1. The summed E-state index contributed by atoms with van der Waals surface area (Å²) >= 11 is 2.16. The van der Waals surface area contributed by atoms with Gasteiger partial charge in [0.15, 0.2) is 0 Å². The Hall–Kier alpha value is -0.330. The third kappa shape index (κ3) is 2.32. The highest BCUT2D eigenvalue weighted by molar-refractivity contribution is 14.1. The Kier molecular flexibility index (Phi) is 3.95. The van der Waals surface area contributed by atoms with Crippen LogP contribution in [0.1, 0.15) is 11.6 Å². The average Bonchev–Trinajstić information content (AvgIpc) is 2.17. The molecule has 0 fully saturated rings. The van der Waals surface area contributed by atoms with Crippen LogP contribution in [0.2, 0.25) is 0 Å². The summed E-state index contributed by atoms with van der Waals surface area (Å²) < 4.78 is 6.10. The van der Waals surface area contributed by atoms with Crippen LogP contribution in [0.4, 0.5) is 0 Å². The van der Waals surface area contributed by atoms with E-state index in [-0.39, 0.29) is 12.6 Å². The molecule has 1 aromatic rings. The summed E-state index contributed by atoms with van der Waals surface area (Å²) in [6.45, 7) is -0.0524. The van der Waals surface area contributed by atoms with Crippen molar-refractivity contribution in [1.29, 1.82) is 0 Å². The van der Waals surface area contributed by atoms with E-state index in [9.17, 15) is 0 Å². The zero-order chi connectivity index (χ0) is 9.84. The molecule has 0 aliphatic heterocycles. The molecule has 0 aliphatic carbocycles. The van der Waals surface area contributed by atoms with Gasteiger partial charge in [0, 0.05) is 0 Å². The normalized spacial score (nSPS) is 12.6. The van der Waals surface area contributed by atoms with E-state index in [0.717, 1.165) is 14.9 Å². The van der Waals surface area contributed by atoms with E-state index < -0.39 is 0 Å². The van der Waals surface area contributed by atoms with Crippen LogP contribution >= 0.6 is 22.6 Å². The fourth-order valence-electron chi connectivity index (χ4n) is 1.07. The number of hydrogen-bond acceptors (Lipinski definition) is 3. The third-order valence-corrected chi connectivity index (χ3v) is 2.96. The average molecular weight is 293 g/mol. The minimum atomic E-state index is -0.331. The lowest BCUT2D eigenvalue weighted by Crippen LogP contribution is -2.16. The summed E-state index contributed by atoms with van der Waals surface area (Å²) in [5.41, 5.74) is 6.63. The summed E-state index contributed by atoms with van der Waals surface area (Å²) in [4.78, 5) is 0. The lowest BCUT2D eigenvalue weighted by atomic mass is 10.1. The highest BCUT2D eigenvalue weighted by Crippen LogP contribution is 2.27. The highest BCUT2D eigenvalue weighted by atomic mass is 127. The van der Waals surface area contributed by atoms with Gasteiger partial charge < -0.3 is 15.6 Å². The maximum Gasteiger partial charge on any atom is 0.132 e. The molecule has 72 valence electrons. The molecule has 3 N–H and O–H groups in total. The topological polar surface area (TPSA) is 55.5 Å². The lowest BCUT2D eigenvalue weighted by molar-refractivity contribution is 0.267. The smallest absolute Gasteiger partial charge is 0.132 e. The molecule has 1 rings (SSSR count). The number of hydrogen-bond donors (Lipinski definition) is 2. The summed E-state index contributed by atoms with van der Waals surface area (Å²) in [5, 5.41) is 8.91. The first-order chi connectivity index (χ1) is 6.20. The van der Waals surface area contributed by atoms with E-state index in [0.29, 0.717) is 0 Å². The van der Waals surface area contributed by atoms with Gasteiger partial charge in [0.2, 0.25) is 0 Å². The van der Waals surface area contributed by atoms with Crippen molar-refractivity contribution in [3.63, 3.8) is 0 Å². The van der Waals surface area contributed by atoms with Crippen LogP contribution in [0.15, 0.2) is 18.2 Å². The van der Waals surface area contributed by atoms with Gasteiger partial charge in [-0.1, -0.05) is 12.1 Å². The fourth-order valence-corrected chi connectivity index (χ4v) is 2.05. The van der Waals surface area contributed by atoms with Crippen molar-refractivity contribution >= 4 is 22.6 Å². The first kappa shape index (κ1) is 10.7. The van der Waals surface area contributed by atoms with Crippen LogP contribution < -0.4 is 10.5 Å². The van der Waals surface area contributed by atoms with E-state index in [1.807, 2.05) is 18.2 Å². The Morgan fingerprint density at radius 2 is 2.31 bits per heavy atom. The molecule has 0 heterocycles. The minimum absolute atomic E-state index is 0.0524. The zero-order valence-corrected chi connectivity index (χ0v) is 9.48. The van der Waals surface area contributed by atoms with Gasteiger partial charge in [0.1, 0.15) is 5.75 Å². The van der Waals surface area contributed by atoms with E-state index in [4.69, 9.17) is 15.6 Å². The Bertz CT molecular complexity index is 291. The van der Waals surface area contributed by atoms with Crippen LogP contribution in [-0.4, -0.2) is 18.8 Å². The molecule has 1 atom stereocenters. The van der Waals surface area contributed by atoms with Crippen LogP contribution in [-0.2, 0) is 0 Å². The van der Waals surface area contributed by atoms with Gasteiger partial charge in [-0.2, -0.15) is 0 Å². The summed E-state index contributed by atoms with van der Waals surface area (Å²) in [6, 6.07) is 5.30. The number of benzene rings is 1. The largest absolute Gasteiger partial charge is 0.496 e. The molecule has 0 spiro atoms. The SMILES string of the molecule is COc1cccc(C(N)CO)c1I. The van der Waals surface area contributed by atoms with Crippen LogP contribution in [0.5, 0.6) is 5.75 Å². The minimum Gasteiger partial charge on any atom is -0.496 e. The molecule has 0 saturated heterocycles. The monoisotopic (exact) mass is 293 g/mol. The van der Waals surface area contributed by atoms with Crippen molar-refractivity contribution in [1.82, 2.24) is 0 Å². The second-order valence-electron chi connectivity index (χ2n) is 2.65. The Balaban J connectivity index is 3.08. The number of aliphatic hydroxyl groups is 1. The van der Waals surface area contributed by atoms with Gasteiger partial charge in [-0.15, -0.1) is 0 Å². The number of ether oxygens (including phenoxy) is 1. The highest BCUT2D eigenvalue weighted by Gasteiger charge is 2.11. The van der Waals surface area contributed by atoms with Gasteiger partial charge in [0.25, 0.3) is 0 Å². The Morgan fingerprint density at radius 3 is 2.85 bits per heavy atom. The van der Waals surface area contributed by atoms with Crippen molar-refractivity contribution < 1.29 is 9.84 Å². The predicted octanol–water partition coefficient (Wildman–Crippen LogP) is 1.29. The molecule has 0 bridgehead atoms. The number of halogens is 1. The van der Waals surface area contributed by atoms with Crippen LogP contribution in [0.3, 0.4) is 0 Å². The molecule has 3 nitrogen and oxygen atoms in total. The molecular formula is C9H12INO2. The molecule has 0 aromatic heterocycles. The molecular weight excluding hydrogens is 281 g/mol. The molecule has 1 unspecified atom stereocenters. The molecule has 0 amide bonds.